The van der Waals surface area contributed by atoms with Gasteiger partial charge in [-0.25, -0.2) is 0 Å². The van der Waals surface area contributed by atoms with Gasteiger partial charge in [0.1, 0.15) is 5.78 Å². The molecule has 0 aromatic rings. The van der Waals surface area contributed by atoms with Gasteiger partial charge in [0, 0.05) is 32.2 Å². The van der Waals surface area contributed by atoms with E-state index in [0.29, 0.717) is 38.0 Å². The van der Waals surface area contributed by atoms with Gasteiger partial charge in [0.15, 0.2) is 0 Å². The fourth-order valence-electron chi connectivity index (χ4n) is 2.04. The van der Waals surface area contributed by atoms with Gasteiger partial charge in [-0.1, -0.05) is 13.3 Å². The molecule has 0 radical (unpaired) electrons. The van der Waals surface area contributed by atoms with Gasteiger partial charge in [-0.3, -0.25) is 19.3 Å². The summed E-state index contributed by atoms with van der Waals surface area (Å²) in [5, 5.41) is 0. The normalized spacial score (nSPS) is 15.7. The van der Waals surface area contributed by atoms with Crippen LogP contribution in [0.1, 0.15) is 58.3 Å². The Morgan fingerprint density at radius 2 is 1.71 bits per heavy atom. The molecule has 0 aromatic heterocycles. The predicted molar refractivity (Wildman–Crippen MR) is 64.3 cm³/mol. The number of carbonyl (C=O) groups is 3. The van der Waals surface area contributed by atoms with Gasteiger partial charge >= 0.3 is 0 Å². The van der Waals surface area contributed by atoms with Gasteiger partial charge < -0.3 is 0 Å². The largest absolute Gasteiger partial charge is 0.300 e. The summed E-state index contributed by atoms with van der Waals surface area (Å²) in [5.74, 6) is 0.231. The standard InChI is InChI=1S/C13H21NO3/c1-2-6-11(15)7-4-3-5-10-14-12(16)8-9-13(14)17/h2-10H2,1H3. The summed E-state index contributed by atoms with van der Waals surface area (Å²) < 4.78 is 0. The van der Waals surface area contributed by atoms with Crippen molar-refractivity contribution in [3.63, 3.8) is 0 Å². The van der Waals surface area contributed by atoms with Gasteiger partial charge in [0.25, 0.3) is 0 Å². The molecule has 0 bridgehead atoms. The second-order valence-corrected chi connectivity index (χ2v) is 4.54. The van der Waals surface area contributed by atoms with Gasteiger partial charge in [-0.15, -0.1) is 0 Å². The zero-order valence-corrected chi connectivity index (χ0v) is 10.5. The Morgan fingerprint density at radius 3 is 2.29 bits per heavy atom. The van der Waals surface area contributed by atoms with Crippen LogP contribution in [0.15, 0.2) is 0 Å². The molecule has 96 valence electrons. The molecule has 0 atom stereocenters. The summed E-state index contributed by atoms with van der Waals surface area (Å²) in [5.41, 5.74) is 0. The number of rotatable bonds is 8. The van der Waals surface area contributed by atoms with Gasteiger partial charge in [-0.05, 0) is 19.3 Å². The maximum absolute atomic E-state index is 11.3. The average Bonchev–Trinajstić information content (AvgIpc) is 2.60. The lowest BCUT2D eigenvalue weighted by Gasteiger charge is -2.12. The van der Waals surface area contributed by atoms with Crippen LogP contribution in [0.3, 0.4) is 0 Å². The molecule has 4 heteroatoms. The average molecular weight is 239 g/mol. The highest BCUT2D eigenvalue weighted by Gasteiger charge is 2.27. The maximum Gasteiger partial charge on any atom is 0.229 e. The van der Waals surface area contributed by atoms with Crippen LogP contribution in [0.5, 0.6) is 0 Å². The van der Waals surface area contributed by atoms with E-state index in [0.717, 1.165) is 25.7 Å². The third kappa shape index (κ3) is 4.67. The molecule has 0 aromatic carbocycles. The highest BCUT2D eigenvalue weighted by Crippen LogP contribution is 2.13. The van der Waals surface area contributed by atoms with Crippen molar-refractivity contribution in [2.45, 2.75) is 58.3 Å². The molecule has 1 rings (SSSR count). The van der Waals surface area contributed by atoms with E-state index in [1.54, 1.807) is 0 Å². The van der Waals surface area contributed by atoms with Crippen molar-refractivity contribution < 1.29 is 14.4 Å². The summed E-state index contributed by atoms with van der Waals surface area (Å²) in [6.07, 6.45) is 5.55. The Bertz CT molecular complexity index is 283. The molecule has 4 nitrogen and oxygen atoms in total. The third-order valence-electron chi connectivity index (χ3n) is 3.02. The van der Waals surface area contributed by atoms with E-state index in [1.165, 1.54) is 4.90 Å². The molecule has 0 unspecified atom stereocenters. The first-order chi connectivity index (χ1) is 8.15. The Labute approximate surface area is 102 Å². The number of likely N-dealkylation sites (tertiary alicyclic amines) is 1. The summed E-state index contributed by atoms with van der Waals surface area (Å²) >= 11 is 0. The molecule has 2 amide bonds. The molecule has 1 saturated heterocycles. The van der Waals surface area contributed by atoms with Crippen LogP contribution < -0.4 is 0 Å². The fraction of sp³-hybridized carbons (Fsp3) is 0.769. The van der Waals surface area contributed by atoms with Crippen LogP contribution >= 0.6 is 0 Å². The zero-order valence-electron chi connectivity index (χ0n) is 10.5. The lowest BCUT2D eigenvalue weighted by Crippen LogP contribution is -2.29. The highest BCUT2D eigenvalue weighted by atomic mass is 16.2. The molecule has 1 aliphatic rings. The smallest absolute Gasteiger partial charge is 0.229 e. The van der Waals surface area contributed by atoms with Crippen molar-refractivity contribution in [1.82, 2.24) is 4.90 Å². The molecule has 0 saturated carbocycles. The van der Waals surface area contributed by atoms with Gasteiger partial charge in [0.2, 0.25) is 11.8 Å². The number of hydrogen-bond acceptors (Lipinski definition) is 3. The van der Waals surface area contributed by atoms with Crippen LogP contribution in [-0.4, -0.2) is 29.0 Å². The molecule has 0 aliphatic carbocycles. The molecular formula is C13H21NO3. The SMILES string of the molecule is CCCC(=O)CCCCCN1C(=O)CCC1=O. The zero-order chi connectivity index (χ0) is 12.7. The third-order valence-corrected chi connectivity index (χ3v) is 3.02. The Balaban J connectivity index is 2.06. The van der Waals surface area contributed by atoms with E-state index >= 15 is 0 Å². The number of ketones is 1. The molecular weight excluding hydrogens is 218 g/mol. The Kier molecular flexibility index (Phi) is 5.87. The van der Waals surface area contributed by atoms with Crippen molar-refractivity contribution >= 4 is 17.6 Å². The number of imide groups is 1. The monoisotopic (exact) mass is 239 g/mol. The minimum absolute atomic E-state index is 0.0444. The van der Waals surface area contributed by atoms with E-state index in [4.69, 9.17) is 0 Å². The fourth-order valence-corrected chi connectivity index (χ4v) is 2.04. The van der Waals surface area contributed by atoms with Crippen molar-refractivity contribution in [2.24, 2.45) is 0 Å². The van der Waals surface area contributed by atoms with Crippen LogP contribution in [0, 0.1) is 0 Å². The number of carbonyl (C=O) groups excluding carboxylic acids is 3. The first-order valence-electron chi connectivity index (χ1n) is 6.50. The molecule has 1 aliphatic heterocycles. The molecule has 1 heterocycles. The van der Waals surface area contributed by atoms with Crippen molar-refractivity contribution in [2.75, 3.05) is 6.54 Å². The van der Waals surface area contributed by atoms with Crippen LogP contribution in [0.4, 0.5) is 0 Å². The van der Waals surface area contributed by atoms with Crippen molar-refractivity contribution in [1.29, 1.82) is 0 Å². The number of nitrogens with zero attached hydrogens (tertiary/aromatic N) is 1. The van der Waals surface area contributed by atoms with E-state index in [1.807, 2.05) is 6.92 Å². The number of hydrogen-bond donors (Lipinski definition) is 0. The van der Waals surface area contributed by atoms with Crippen LogP contribution in [0.2, 0.25) is 0 Å². The van der Waals surface area contributed by atoms with E-state index in [9.17, 15) is 14.4 Å². The summed E-state index contributed by atoms with van der Waals surface area (Å²) in [4.78, 5) is 35.2. The lowest BCUT2D eigenvalue weighted by atomic mass is 10.1. The molecule has 17 heavy (non-hydrogen) atoms. The Hall–Kier alpha value is -1.19. The van der Waals surface area contributed by atoms with Crippen molar-refractivity contribution in [3.8, 4) is 0 Å². The van der Waals surface area contributed by atoms with E-state index in [-0.39, 0.29) is 11.8 Å². The second kappa shape index (κ2) is 7.20. The Morgan fingerprint density at radius 1 is 1.06 bits per heavy atom. The quantitative estimate of drug-likeness (QED) is 0.481. The van der Waals surface area contributed by atoms with Crippen LogP contribution in [0.25, 0.3) is 0 Å². The lowest BCUT2D eigenvalue weighted by molar-refractivity contribution is -0.138. The highest BCUT2D eigenvalue weighted by molar-refractivity contribution is 6.01. The van der Waals surface area contributed by atoms with Gasteiger partial charge in [0.05, 0.1) is 0 Å². The number of unbranched alkanes of at least 4 members (excludes halogenated alkanes) is 2. The molecule has 1 fully saturated rings. The number of amides is 2. The topological polar surface area (TPSA) is 54.5 Å². The molecule has 0 spiro atoms. The first-order valence-corrected chi connectivity index (χ1v) is 6.50. The van der Waals surface area contributed by atoms with Gasteiger partial charge in [-0.2, -0.15) is 0 Å². The number of Topliss-reactive ketones (excluding diaryl/α,β-unsaturated/α-hetero) is 1. The van der Waals surface area contributed by atoms with Crippen LogP contribution in [-0.2, 0) is 14.4 Å². The molecule has 0 N–H and O–H groups in total. The second-order valence-electron chi connectivity index (χ2n) is 4.54. The predicted octanol–water partition coefficient (Wildman–Crippen LogP) is 2.06. The minimum atomic E-state index is -0.0444. The summed E-state index contributed by atoms with van der Waals surface area (Å²) in [6, 6.07) is 0. The van der Waals surface area contributed by atoms with E-state index < -0.39 is 0 Å². The minimum Gasteiger partial charge on any atom is -0.300 e. The van der Waals surface area contributed by atoms with E-state index in [2.05, 4.69) is 0 Å². The van der Waals surface area contributed by atoms with Crippen molar-refractivity contribution in [3.05, 3.63) is 0 Å². The maximum atomic E-state index is 11.3. The summed E-state index contributed by atoms with van der Waals surface area (Å²) in [6.45, 7) is 2.53. The summed E-state index contributed by atoms with van der Waals surface area (Å²) in [7, 11) is 0. The first kappa shape index (κ1) is 13.9.